The third-order valence-corrected chi connectivity index (χ3v) is 3.38. The molecule has 0 unspecified atom stereocenters. The van der Waals surface area contributed by atoms with Crippen molar-refractivity contribution in [2.45, 2.75) is 33.4 Å². The highest BCUT2D eigenvalue weighted by atomic mass is 35.5. The maximum absolute atomic E-state index is 11.6. The van der Waals surface area contributed by atoms with Gasteiger partial charge < -0.3 is 15.8 Å². The number of rotatable bonds is 7. The molecule has 0 aliphatic carbocycles. The normalized spacial score (nSPS) is 10.7. The van der Waals surface area contributed by atoms with Crippen LogP contribution in [-0.4, -0.2) is 15.9 Å². The third-order valence-electron chi connectivity index (χ3n) is 3.18. The Morgan fingerprint density at radius 1 is 1.25 bits per heavy atom. The molecular formula is C17H21ClN4O2. The molecule has 3 N–H and O–H groups in total. The number of hydrogen-bond acceptors (Lipinski definition) is 5. The Hall–Kier alpha value is -2.34. The van der Waals surface area contributed by atoms with Crippen molar-refractivity contribution in [1.82, 2.24) is 15.3 Å². The van der Waals surface area contributed by atoms with E-state index in [4.69, 9.17) is 22.1 Å². The van der Waals surface area contributed by atoms with Crippen molar-refractivity contribution >= 4 is 23.5 Å². The number of aromatic nitrogens is 2. The molecule has 128 valence electrons. The minimum absolute atomic E-state index is 0.0654. The number of ether oxygens (including phenoxy) is 1. The summed E-state index contributed by atoms with van der Waals surface area (Å²) in [5, 5.41) is 3.15. The van der Waals surface area contributed by atoms with Crippen LogP contribution in [0.3, 0.4) is 0 Å². The summed E-state index contributed by atoms with van der Waals surface area (Å²) in [6, 6.07) is 9.30. The van der Waals surface area contributed by atoms with Gasteiger partial charge in [0, 0.05) is 19.0 Å². The number of halogens is 1. The van der Waals surface area contributed by atoms with E-state index in [0.717, 1.165) is 11.1 Å². The molecule has 7 heteroatoms. The molecule has 0 atom stereocenters. The van der Waals surface area contributed by atoms with Gasteiger partial charge in [-0.15, -0.1) is 0 Å². The lowest BCUT2D eigenvalue weighted by Gasteiger charge is -2.09. The quantitative estimate of drug-likeness (QED) is 0.751. The summed E-state index contributed by atoms with van der Waals surface area (Å²) in [7, 11) is 0. The minimum Gasteiger partial charge on any atom is -0.473 e. The van der Waals surface area contributed by atoms with Gasteiger partial charge in [-0.25, -0.2) is 4.98 Å². The molecule has 0 aliphatic heterocycles. The van der Waals surface area contributed by atoms with Crippen LogP contribution in [0.15, 0.2) is 30.3 Å². The lowest BCUT2D eigenvalue weighted by Crippen LogP contribution is -2.23. The molecule has 1 aromatic carbocycles. The molecule has 0 spiro atoms. The Bertz CT molecular complexity index is 669. The largest absolute Gasteiger partial charge is 0.473 e. The molecular weight excluding hydrogens is 328 g/mol. The van der Waals surface area contributed by atoms with Crippen LogP contribution >= 0.6 is 11.6 Å². The molecule has 0 saturated heterocycles. The fourth-order valence-electron chi connectivity index (χ4n) is 2.04. The molecule has 1 heterocycles. The van der Waals surface area contributed by atoms with Crippen molar-refractivity contribution in [3.8, 4) is 5.88 Å². The van der Waals surface area contributed by atoms with Gasteiger partial charge in [-0.05, 0) is 17.0 Å². The summed E-state index contributed by atoms with van der Waals surface area (Å²) in [5.41, 5.74) is 7.52. The molecule has 24 heavy (non-hydrogen) atoms. The van der Waals surface area contributed by atoms with Crippen LogP contribution in [0.4, 0.5) is 5.95 Å². The molecule has 1 aromatic heterocycles. The standard InChI is InChI=1S/C17H21ClN4O2/c1-11(2)7-15(23)20-9-12-3-5-13(6-4-12)10-24-16-8-14(18)21-17(19)22-16/h3-6,8,11H,7,9-10H2,1-2H3,(H,20,23)(H2,19,21,22). The highest BCUT2D eigenvalue weighted by Gasteiger charge is 2.05. The SMILES string of the molecule is CC(C)CC(=O)NCc1ccc(COc2cc(Cl)nc(N)n2)cc1. The van der Waals surface area contributed by atoms with Crippen LogP contribution in [0.1, 0.15) is 31.4 Å². The number of carbonyl (C=O) groups excluding carboxylic acids is 1. The van der Waals surface area contributed by atoms with E-state index < -0.39 is 0 Å². The van der Waals surface area contributed by atoms with Crippen LogP contribution in [0, 0.1) is 5.92 Å². The maximum atomic E-state index is 11.6. The molecule has 1 amide bonds. The molecule has 0 aliphatic rings. The fourth-order valence-corrected chi connectivity index (χ4v) is 2.22. The molecule has 6 nitrogen and oxygen atoms in total. The lowest BCUT2D eigenvalue weighted by molar-refractivity contribution is -0.121. The predicted octanol–water partition coefficient (Wildman–Crippen LogP) is 2.95. The van der Waals surface area contributed by atoms with Crippen molar-refractivity contribution in [2.75, 3.05) is 5.73 Å². The van der Waals surface area contributed by atoms with Gasteiger partial charge in [0.15, 0.2) is 0 Å². The van der Waals surface area contributed by atoms with E-state index in [9.17, 15) is 4.79 Å². The summed E-state index contributed by atoms with van der Waals surface area (Å²) >= 11 is 5.80. The Morgan fingerprint density at radius 3 is 2.54 bits per heavy atom. The summed E-state index contributed by atoms with van der Waals surface area (Å²) in [5.74, 6) is 0.826. The van der Waals surface area contributed by atoms with Crippen LogP contribution in [0.2, 0.25) is 5.15 Å². The van der Waals surface area contributed by atoms with E-state index in [-0.39, 0.29) is 17.0 Å². The highest BCUT2D eigenvalue weighted by molar-refractivity contribution is 6.29. The van der Waals surface area contributed by atoms with Crippen LogP contribution < -0.4 is 15.8 Å². The van der Waals surface area contributed by atoms with Gasteiger partial charge in [-0.2, -0.15) is 4.98 Å². The Labute approximate surface area is 146 Å². The van der Waals surface area contributed by atoms with Crippen LogP contribution in [0.5, 0.6) is 5.88 Å². The number of nitrogens with two attached hydrogens (primary N) is 1. The fraction of sp³-hybridized carbons (Fsp3) is 0.353. The predicted molar refractivity (Wildman–Crippen MR) is 93.5 cm³/mol. The lowest BCUT2D eigenvalue weighted by atomic mass is 10.1. The number of nitrogen functional groups attached to an aromatic ring is 1. The number of nitrogens with zero attached hydrogens (tertiary/aromatic N) is 2. The van der Waals surface area contributed by atoms with Crippen molar-refractivity contribution in [3.63, 3.8) is 0 Å². The Balaban J connectivity index is 1.84. The molecule has 0 saturated carbocycles. The number of carbonyl (C=O) groups is 1. The van der Waals surface area contributed by atoms with Gasteiger partial charge in [0.2, 0.25) is 17.7 Å². The van der Waals surface area contributed by atoms with E-state index in [2.05, 4.69) is 15.3 Å². The van der Waals surface area contributed by atoms with Crippen LogP contribution in [-0.2, 0) is 17.9 Å². The van der Waals surface area contributed by atoms with Gasteiger partial charge in [-0.3, -0.25) is 4.79 Å². The van der Waals surface area contributed by atoms with Crippen molar-refractivity contribution in [1.29, 1.82) is 0 Å². The van der Waals surface area contributed by atoms with E-state index in [1.54, 1.807) is 0 Å². The minimum atomic E-state index is 0.0654. The summed E-state index contributed by atoms with van der Waals surface area (Å²) < 4.78 is 5.55. The zero-order valence-electron chi connectivity index (χ0n) is 13.8. The van der Waals surface area contributed by atoms with Crippen molar-refractivity contribution in [3.05, 3.63) is 46.6 Å². The first-order valence-electron chi connectivity index (χ1n) is 7.69. The van der Waals surface area contributed by atoms with Gasteiger partial charge in [0.25, 0.3) is 0 Å². The molecule has 0 fully saturated rings. The first-order valence-corrected chi connectivity index (χ1v) is 8.07. The second-order valence-electron chi connectivity index (χ2n) is 5.87. The first kappa shape index (κ1) is 18.0. The summed E-state index contributed by atoms with van der Waals surface area (Å²) in [6.07, 6.45) is 0.538. The summed E-state index contributed by atoms with van der Waals surface area (Å²) in [4.78, 5) is 19.4. The van der Waals surface area contributed by atoms with Gasteiger partial charge in [0.1, 0.15) is 11.8 Å². The Kier molecular flexibility index (Phi) is 6.37. The van der Waals surface area contributed by atoms with Gasteiger partial charge >= 0.3 is 0 Å². The van der Waals surface area contributed by atoms with E-state index in [0.29, 0.717) is 31.4 Å². The van der Waals surface area contributed by atoms with E-state index >= 15 is 0 Å². The van der Waals surface area contributed by atoms with Gasteiger partial charge in [-0.1, -0.05) is 49.7 Å². The average molecular weight is 349 g/mol. The van der Waals surface area contributed by atoms with E-state index in [1.165, 1.54) is 6.07 Å². The molecule has 0 bridgehead atoms. The molecule has 2 rings (SSSR count). The number of amides is 1. The smallest absolute Gasteiger partial charge is 0.224 e. The van der Waals surface area contributed by atoms with Crippen molar-refractivity contribution < 1.29 is 9.53 Å². The first-order chi connectivity index (χ1) is 11.4. The van der Waals surface area contributed by atoms with Gasteiger partial charge in [0.05, 0.1) is 0 Å². The average Bonchev–Trinajstić information content (AvgIpc) is 2.50. The Morgan fingerprint density at radius 2 is 1.92 bits per heavy atom. The number of anilines is 1. The number of benzene rings is 1. The number of hydrogen-bond donors (Lipinski definition) is 2. The third kappa shape index (κ3) is 6.04. The van der Waals surface area contributed by atoms with Crippen molar-refractivity contribution in [2.24, 2.45) is 5.92 Å². The van der Waals surface area contributed by atoms with Crippen LogP contribution in [0.25, 0.3) is 0 Å². The topological polar surface area (TPSA) is 90.1 Å². The second kappa shape index (κ2) is 8.49. The number of nitrogens with one attached hydrogen (secondary N) is 1. The molecule has 0 radical (unpaired) electrons. The monoisotopic (exact) mass is 348 g/mol. The zero-order valence-corrected chi connectivity index (χ0v) is 14.5. The maximum Gasteiger partial charge on any atom is 0.224 e. The second-order valence-corrected chi connectivity index (χ2v) is 6.25. The highest BCUT2D eigenvalue weighted by Crippen LogP contribution is 2.16. The molecule has 2 aromatic rings. The zero-order chi connectivity index (χ0) is 17.5. The van der Waals surface area contributed by atoms with E-state index in [1.807, 2.05) is 38.1 Å². The summed E-state index contributed by atoms with van der Waals surface area (Å²) in [6.45, 7) is 4.90.